The van der Waals surface area contributed by atoms with Crippen LogP contribution in [0, 0.1) is 5.92 Å². The Kier molecular flexibility index (Phi) is 9.22. The SMILES string of the molecule is CN=C(NCCCOc1ccc(OC)cc1)NCC1CC(=O)N(CCc2ccccc2)C1. The molecule has 1 aliphatic heterocycles. The monoisotopic (exact) mass is 438 g/mol. The summed E-state index contributed by atoms with van der Waals surface area (Å²) in [5.74, 6) is 2.94. The lowest BCUT2D eigenvalue weighted by atomic mass is 10.1. The maximum atomic E-state index is 12.3. The zero-order chi connectivity index (χ0) is 22.6. The molecule has 2 aromatic carbocycles. The summed E-state index contributed by atoms with van der Waals surface area (Å²) in [7, 11) is 3.41. The molecule has 7 heteroatoms. The molecule has 0 spiro atoms. The highest BCUT2D eigenvalue weighted by Crippen LogP contribution is 2.18. The van der Waals surface area contributed by atoms with Crippen LogP contribution in [0.25, 0.3) is 0 Å². The van der Waals surface area contributed by atoms with Gasteiger partial charge in [-0.15, -0.1) is 0 Å². The number of amides is 1. The van der Waals surface area contributed by atoms with Crippen molar-refractivity contribution in [3.8, 4) is 11.5 Å². The van der Waals surface area contributed by atoms with Crippen molar-refractivity contribution in [2.45, 2.75) is 19.3 Å². The molecule has 0 aromatic heterocycles. The number of carbonyl (C=O) groups excluding carboxylic acids is 1. The summed E-state index contributed by atoms with van der Waals surface area (Å²) in [5.41, 5.74) is 1.27. The largest absolute Gasteiger partial charge is 0.497 e. The number of likely N-dealkylation sites (tertiary alicyclic amines) is 1. The lowest BCUT2D eigenvalue weighted by Crippen LogP contribution is -2.41. The Morgan fingerprint density at radius 2 is 1.84 bits per heavy atom. The van der Waals surface area contributed by atoms with Gasteiger partial charge in [0.25, 0.3) is 0 Å². The maximum absolute atomic E-state index is 12.3. The van der Waals surface area contributed by atoms with Crippen LogP contribution in [0.1, 0.15) is 18.4 Å². The van der Waals surface area contributed by atoms with Crippen molar-refractivity contribution >= 4 is 11.9 Å². The molecular formula is C25H34N4O3. The average Bonchev–Trinajstić information content (AvgIpc) is 3.19. The molecule has 0 bridgehead atoms. The van der Waals surface area contributed by atoms with Gasteiger partial charge in [0.1, 0.15) is 11.5 Å². The molecule has 32 heavy (non-hydrogen) atoms. The Morgan fingerprint density at radius 3 is 2.56 bits per heavy atom. The molecule has 7 nitrogen and oxygen atoms in total. The number of carbonyl (C=O) groups is 1. The van der Waals surface area contributed by atoms with Crippen molar-refractivity contribution in [3.05, 3.63) is 60.2 Å². The first-order valence-corrected chi connectivity index (χ1v) is 11.2. The first kappa shape index (κ1) is 23.4. The van der Waals surface area contributed by atoms with Crippen molar-refractivity contribution in [3.63, 3.8) is 0 Å². The van der Waals surface area contributed by atoms with E-state index in [-0.39, 0.29) is 5.91 Å². The zero-order valence-electron chi connectivity index (χ0n) is 19.0. The van der Waals surface area contributed by atoms with Gasteiger partial charge >= 0.3 is 0 Å². The number of ether oxygens (including phenoxy) is 2. The Hall–Kier alpha value is -3.22. The van der Waals surface area contributed by atoms with Crippen LogP contribution in [0.4, 0.5) is 0 Å². The van der Waals surface area contributed by atoms with Gasteiger partial charge in [-0.25, -0.2) is 0 Å². The molecule has 2 aromatic rings. The van der Waals surface area contributed by atoms with Gasteiger partial charge < -0.3 is 25.0 Å². The quantitative estimate of drug-likeness (QED) is 0.321. The molecule has 2 N–H and O–H groups in total. The Morgan fingerprint density at radius 1 is 1.09 bits per heavy atom. The first-order valence-electron chi connectivity index (χ1n) is 11.2. The third-order valence-electron chi connectivity index (χ3n) is 5.53. The standard InChI is InChI=1S/C25H34N4O3/c1-26-25(27-14-6-16-32-23-11-9-22(31-2)10-12-23)28-18-21-17-24(30)29(19-21)15-13-20-7-4-3-5-8-20/h3-5,7-12,21H,6,13-19H2,1-2H3,(H2,26,27,28). The minimum Gasteiger partial charge on any atom is -0.497 e. The van der Waals surface area contributed by atoms with Crippen LogP contribution in [0.2, 0.25) is 0 Å². The van der Waals surface area contributed by atoms with Gasteiger partial charge in [-0.3, -0.25) is 9.79 Å². The highest BCUT2D eigenvalue weighted by atomic mass is 16.5. The zero-order valence-corrected chi connectivity index (χ0v) is 19.0. The number of aliphatic imine (C=N–C) groups is 1. The van der Waals surface area contributed by atoms with Crippen LogP contribution < -0.4 is 20.1 Å². The minimum atomic E-state index is 0.242. The van der Waals surface area contributed by atoms with E-state index in [0.717, 1.165) is 56.5 Å². The molecule has 1 heterocycles. The van der Waals surface area contributed by atoms with E-state index in [4.69, 9.17) is 9.47 Å². The second-order valence-electron chi connectivity index (χ2n) is 7.90. The van der Waals surface area contributed by atoms with Crippen molar-refractivity contribution in [1.29, 1.82) is 0 Å². The van der Waals surface area contributed by atoms with Crippen LogP contribution in [-0.2, 0) is 11.2 Å². The normalized spacial score (nSPS) is 16.2. The fourth-order valence-corrected chi connectivity index (χ4v) is 3.72. The molecule has 0 radical (unpaired) electrons. The van der Waals surface area contributed by atoms with Gasteiger partial charge in [0, 0.05) is 45.6 Å². The van der Waals surface area contributed by atoms with Crippen LogP contribution in [0.15, 0.2) is 59.6 Å². The van der Waals surface area contributed by atoms with Crippen molar-refractivity contribution in [2.24, 2.45) is 10.9 Å². The molecule has 1 amide bonds. The summed E-state index contributed by atoms with van der Waals surface area (Å²) in [6, 6.07) is 17.9. The number of hydrogen-bond acceptors (Lipinski definition) is 4. The van der Waals surface area contributed by atoms with E-state index in [1.165, 1.54) is 5.56 Å². The molecule has 1 fully saturated rings. The molecule has 1 unspecified atom stereocenters. The van der Waals surface area contributed by atoms with Crippen LogP contribution in [-0.4, -0.2) is 63.7 Å². The number of methoxy groups -OCH3 is 1. The van der Waals surface area contributed by atoms with E-state index in [2.05, 4.69) is 27.8 Å². The van der Waals surface area contributed by atoms with E-state index in [9.17, 15) is 4.79 Å². The van der Waals surface area contributed by atoms with Crippen LogP contribution in [0.3, 0.4) is 0 Å². The molecule has 1 atom stereocenters. The Balaban J connectivity index is 1.29. The summed E-state index contributed by atoms with van der Waals surface area (Å²) in [6.45, 7) is 3.67. The van der Waals surface area contributed by atoms with Crippen molar-refractivity contribution in [2.75, 3.05) is 46.9 Å². The number of hydrogen-bond donors (Lipinski definition) is 2. The van der Waals surface area contributed by atoms with Gasteiger partial charge in [-0.05, 0) is 42.7 Å². The molecule has 3 rings (SSSR count). The van der Waals surface area contributed by atoms with E-state index in [1.807, 2.05) is 47.4 Å². The lowest BCUT2D eigenvalue weighted by molar-refractivity contribution is -0.127. The average molecular weight is 439 g/mol. The summed E-state index contributed by atoms with van der Waals surface area (Å²) in [5, 5.41) is 6.66. The van der Waals surface area contributed by atoms with Crippen LogP contribution in [0.5, 0.6) is 11.5 Å². The molecule has 1 saturated heterocycles. The predicted octanol–water partition coefficient (Wildman–Crippen LogP) is 2.72. The number of nitrogens with one attached hydrogen (secondary N) is 2. The first-order chi connectivity index (χ1) is 15.7. The summed E-state index contributed by atoms with van der Waals surface area (Å²) in [4.78, 5) is 18.6. The number of benzene rings is 2. The molecule has 0 aliphatic carbocycles. The summed E-state index contributed by atoms with van der Waals surface area (Å²) in [6.07, 6.45) is 2.34. The summed E-state index contributed by atoms with van der Waals surface area (Å²) < 4.78 is 10.9. The van der Waals surface area contributed by atoms with Gasteiger partial charge in [-0.1, -0.05) is 30.3 Å². The summed E-state index contributed by atoms with van der Waals surface area (Å²) >= 11 is 0. The highest BCUT2D eigenvalue weighted by molar-refractivity contribution is 5.80. The highest BCUT2D eigenvalue weighted by Gasteiger charge is 2.29. The van der Waals surface area contributed by atoms with E-state index >= 15 is 0 Å². The van der Waals surface area contributed by atoms with E-state index in [1.54, 1.807) is 14.2 Å². The van der Waals surface area contributed by atoms with Crippen molar-refractivity contribution < 1.29 is 14.3 Å². The second kappa shape index (κ2) is 12.6. The second-order valence-corrected chi connectivity index (χ2v) is 7.90. The number of guanidine groups is 1. The van der Waals surface area contributed by atoms with Crippen molar-refractivity contribution in [1.82, 2.24) is 15.5 Å². The fourth-order valence-electron chi connectivity index (χ4n) is 3.72. The van der Waals surface area contributed by atoms with Crippen LogP contribution >= 0.6 is 0 Å². The van der Waals surface area contributed by atoms with Gasteiger partial charge in [0.15, 0.2) is 5.96 Å². The molecular weight excluding hydrogens is 404 g/mol. The Labute approximate surface area is 190 Å². The van der Waals surface area contributed by atoms with E-state index < -0.39 is 0 Å². The minimum absolute atomic E-state index is 0.242. The predicted molar refractivity (Wildman–Crippen MR) is 127 cm³/mol. The molecule has 1 aliphatic rings. The lowest BCUT2D eigenvalue weighted by Gasteiger charge is -2.18. The third kappa shape index (κ3) is 7.48. The maximum Gasteiger partial charge on any atom is 0.223 e. The molecule has 172 valence electrons. The number of nitrogens with zero attached hydrogens (tertiary/aromatic N) is 2. The molecule has 0 saturated carbocycles. The van der Waals surface area contributed by atoms with E-state index in [0.29, 0.717) is 18.9 Å². The topological polar surface area (TPSA) is 75.2 Å². The fraction of sp³-hybridized carbons (Fsp3) is 0.440. The smallest absolute Gasteiger partial charge is 0.223 e. The number of rotatable bonds is 11. The Bertz CT molecular complexity index is 855. The third-order valence-corrected chi connectivity index (χ3v) is 5.53. The van der Waals surface area contributed by atoms with Gasteiger partial charge in [0.05, 0.1) is 13.7 Å². The van der Waals surface area contributed by atoms with Gasteiger partial charge in [0.2, 0.25) is 5.91 Å². The van der Waals surface area contributed by atoms with Gasteiger partial charge in [-0.2, -0.15) is 0 Å².